The second-order valence-corrected chi connectivity index (χ2v) is 6.60. The van der Waals surface area contributed by atoms with Crippen molar-refractivity contribution < 1.29 is 4.74 Å². The van der Waals surface area contributed by atoms with Crippen LogP contribution < -0.4 is 10.5 Å². The largest absolute Gasteiger partial charge is 0.496 e. The van der Waals surface area contributed by atoms with Gasteiger partial charge in [0, 0.05) is 18.6 Å². The lowest BCUT2D eigenvalue weighted by atomic mass is 9.85. The van der Waals surface area contributed by atoms with Gasteiger partial charge < -0.3 is 15.4 Å². The van der Waals surface area contributed by atoms with Crippen molar-refractivity contribution in [3.8, 4) is 5.75 Å². The van der Waals surface area contributed by atoms with Gasteiger partial charge in [-0.2, -0.15) is 0 Å². The Balaban J connectivity index is 1.88. The SMILES string of the molecule is COc1ccccc1CC(C)N(C)CC1CCCC(N)C1. The smallest absolute Gasteiger partial charge is 0.122 e. The maximum Gasteiger partial charge on any atom is 0.122 e. The second kappa shape index (κ2) is 7.81. The molecule has 0 aromatic heterocycles. The van der Waals surface area contributed by atoms with Crippen molar-refractivity contribution >= 4 is 0 Å². The first kappa shape index (κ1) is 16.3. The number of para-hydroxylation sites is 1. The minimum atomic E-state index is 0.418. The van der Waals surface area contributed by atoms with Crippen molar-refractivity contribution in [2.24, 2.45) is 11.7 Å². The summed E-state index contributed by atoms with van der Waals surface area (Å²) in [5, 5.41) is 0. The highest BCUT2D eigenvalue weighted by atomic mass is 16.5. The number of rotatable bonds is 6. The van der Waals surface area contributed by atoms with Crippen molar-refractivity contribution in [3.63, 3.8) is 0 Å². The average Bonchev–Trinajstić information content (AvgIpc) is 2.47. The fourth-order valence-corrected chi connectivity index (χ4v) is 3.43. The van der Waals surface area contributed by atoms with Crippen molar-refractivity contribution in [2.75, 3.05) is 20.7 Å². The molecule has 2 rings (SSSR count). The van der Waals surface area contributed by atoms with Crippen molar-refractivity contribution in [2.45, 2.75) is 51.1 Å². The van der Waals surface area contributed by atoms with Gasteiger partial charge in [-0.3, -0.25) is 0 Å². The van der Waals surface area contributed by atoms with E-state index >= 15 is 0 Å². The van der Waals surface area contributed by atoms with E-state index in [0.29, 0.717) is 12.1 Å². The Bertz CT molecular complexity index is 435. The Morgan fingerprint density at radius 3 is 2.81 bits per heavy atom. The Labute approximate surface area is 129 Å². The summed E-state index contributed by atoms with van der Waals surface area (Å²) in [4.78, 5) is 2.48. The molecule has 3 unspecified atom stereocenters. The Hall–Kier alpha value is -1.06. The summed E-state index contributed by atoms with van der Waals surface area (Å²) in [5.74, 6) is 1.76. The summed E-state index contributed by atoms with van der Waals surface area (Å²) in [6, 6.07) is 9.26. The molecule has 1 aliphatic rings. The van der Waals surface area contributed by atoms with Crippen LogP contribution in [0.1, 0.15) is 38.2 Å². The lowest BCUT2D eigenvalue weighted by molar-refractivity contribution is 0.182. The quantitative estimate of drug-likeness (QED) is 0.875. The van der Waals surface area contributed by atoms with Gasteiger partial charge in [0.25, 0.3) is 0 Å². The van der Waals surface area contributed by atoms with Gasteiger partial charge in [-0.15, -0.1) is 0 Å². The van der Waals surface area contributed by atoms with E-state index in [4.69, 9.17) is 10.5 Å². The molecule has 0 amide bonds. The molecule has 1 aliphatic carbocycles. The third-order valence-electron chi connectivity index (χ3n) is 4.83. The number of hydrogen-bond donors (Lipinski definition) is 1. The number of benzene rings is 1. The van der Waals surface area contributed by atoms with Crippen LogP contribution in [0.4, 0.5) is 0 Å². The molecule has 1 aromatic carbocycles. The summed E-state index contributed by atoms with van der Waals surface area (Å²) in [5.41, 5.74) is 7.39. The van der Waals surface area contributed by atoms with E-state index in [0.717, 1.165) is 24.6 Å². The van der Waals surface area contributed by atoms with Gasteiger partial charge >= 0.3 is 0 Å². The van der Waals surface area contributed by atoms with Gasteiger partial charge in [-0.25, -0.2) is 0 Å². The molecule has 0 radical (unpaired) electrons. The third kappa shape index (κ3) is 4.72. The van der Waals surface area contributed by atoms with Gasteiger partial charge in [0.05, 0.1) is 7.11 Å². The zero-order valence-electron chi connectivity index (χ0n) is 13.7. The molecule has 0 aliphatic heterocycles. The first-order valence-corrected chi connectivity index (χ1v) is 8.18. The van der Waals surface area contributed by atoms with E-state index in [9.17, 15) is 0 Å². The Morgan fingerprint density at radius 1 is 1.33 bits per heavy atom. The summed E-state index contributed by atoms with van der Waals surface area (Å²) in [6.07, 6.45) is 6.04. The molecular weight excluding hydrogens is 260 g/mol. The predicted octanol–water partition coefficient (Wildman–Crippen LogP) is 3.08. The molecule has 3 atom stereocenters. The van der Waals surface area contributed by atoms with Crippen LogP contribution in [-0.2, 0) is 6.42 Å². The van der Waals surface area contributed by atoms with E-state index in [1.54, 1.807) is 7.11 Å². The fourth-order valence-electron chi connectivity index (χ4n) is 3.43. The fraction of sp³-hybridized carbons (Fsp3) is 0.667. The third-order valence-corrected chi connectivity index (χ3v) is 4.83. The van der Waals surface area contributed by atoms with Crippen LogP contribution in [0, 0.1) is 5.92 Å². The predicted molar refractivity (Wildman–Crippen MR) is 88.7 cm³/mol. The molecule has 3 heteroatoms. The summed E-state index contributed by atoms with van der Waals surface area (Å²) < 4.78 is 5.45. The molecule has 118 valence electrons. The monoisotopic (exact) mass is 290 g/mol. The van der Waals surface area contributed by atoms with Crippen LogP contribution in [0.25, 0.3) is 0 Å². The molecule has 0 heterocycles. The van der Waals surface area contributed by atoms with E-state index in [2.05, 4.69) is 31.0 Å². The standard InChI is InChI=1S/C18H30N2O/c1-14(11-16-8-4-5-10-18(16)21-3)20(2)13-15-7-6-9-17(19)12-15/h4-5,8,10,14-15,17H,6-7,9,11-13,19H2,1-3H3. The Morgan fingerprint density at radius 2 is 2.10 bits per heavy atom. The topological polar surface area (TPSA) is 38.5 Å². The number of nitrogens with zero attached hydrogens (tertiary/aromatic N) is 1. The molecule has 0 bridgehead atoms. The van der Waals surface area contributed by atoms with Crippen LogP contribution in [0.2, 0.25) is 0 Å². The highest BCUT2D eigenvalue weighted by molar-refractivity contribution is 5.33. The van der Waals surface area contributed by atoms with Gasteiger partial charge in [-0.05, 0) is 57.2 Å². The van der Waals surface area contributed by atoms with Gasteiger partial charge in [0.2, 0.25) is 0 Å². The van der Waals surface area contributed by atoms with Crippen molar-refractivity contribution in [1.29, 1.82) is 0 Å². The molecule has 0 spiro atoms. The van der Waals surface area contributed by atoms with Gasteiger partial charge in [0.1, 0.15) is 5.75 Å². The van der Waals surface area contributed by atoms with Crippen LogP contribution in [0.15, 0.2) is 24.3 Å². The highest BCUT2D eigenvalue weighted by Crippen LogP contribution is 2.25. The van der Waals surface area contributed by atoms with E-state index in [1.807, 2.05) is 12.1 Å². The highest BCUT2D eigenvalue weighted by Gasteiger charge is 2.22. The summed E-state index contributed by atoms with van der Waals surface area (Å²) >= 11 is 0. The van der Waals surface area contributed by atoms with Gasteiger partial charge in [0.15, 0.2) is 0 Å². The summed E-state index contributed by atoms with van der Waals surface area (Å²) in [6.45, 7) is 3.46. The van der Waals surface area contributed by atoms with Crippen molar-refractivity contribution in [1.82, 2.24) is 4.90 Å². The normalized spacial score (nSPS) is 24.0. The van der Waals surface area contributed by atoms with E-state index in [1.165, 1.54) is 31.2 Å². The molecule has 3 nitrogen and oxygen atoms in total. The zero-order valence-corrected chi connectivity index (χ0v) is 13.7. The maximum atomic E-state index is 6.10. The lowest BCUT2D eigenvalue weighted by Gasteiger charge is -2.33. The molecule has 1 fully saturated rings. The van der Waals surface area contributed by atoms with Crippen LogP contribution in [0.5, 0.6) is 5.75 Å². The second-order valence-electron chi connectivity index (χ2n) is 6.60. The van der Waals surface area contributed by atoms with E-state index < -0.39 is 0 Å². The molecule has 21 heavy (non-hydrogen) atoms. The Kier molecular flexibility index (Phi) is 6.07. The van der Waals surface area contributed by atoms with Crippen LogP contribution in [0.3, 0.4) is 0 Å². The number of nitrogens with two attached hydrogens (primary N) is 1. The first-order valence-electron chi connectivity index (χ1n) is 8.18. The number of hydrogen-bond acceptors (Lipinski definition) is 3. The number of methoxy groups -OCH3 is 1. The van der Waals surface area contributed by atoms with Crippen LogP contribution >= 0.6 is 0 Å². The summed E-state index contributed by atoms with van der Waals surface area (Å²) in [7, 11) is 3.98. The van der Waals surface area contributed by atoms with Gasteiger partial charge in [-0.1, -0.05) is 24.6 Å². The van der Waals surface area contributed by atoms with E-state index in [-0.39, 0.29) is 0 Å². The number of likely N-dealkylation sites (N-methyl/N-ethyl adjacent to an activating group) is 1. The lowest BCUT2D eigenvalue weighted by Crippen LogP contribution is -2.38. The first-order chi connectivity index (χ1) is 10.1. The van der Waals surface area contributed by atoms with Crippen molar-refractivity contribution in [3.05, 3.63) is 29.8 Å². The number of ether oxygens (including phenoxy) is 1. The average molecular weight is 290 g/mol. The minimum Gasteiger partial charge on any atom is -0.496 e. The maximum absolute atomic E-state index is 6.10. The molecule has 1 saturated carbocycles. The molecule has 2 N–H and O–H groups in total. The molecule has 1 aromatic rings. The zero-order chi connectivity index (χ0) is 15.2. The minimum absolute atomic E-state index is 0.418. The molecular formula is C18H30N2O. The van der Waals surface area contributed by atoms with Crippen LogP contribution in [-0.4, -0.2) is 37.7 Å². The molecule has 0 saturated heterocycles.